The number of hydrogen-bond donors (Lipinski definition) is 1. The van der Waals surface area contributed by atoms with Crippen LogP contribution in [0.3, 0.4) is 0 Å². The lowest BCUT2D eigenvalue weighted by Gasteiger charge is -2.21. The van der Waals surface area contributed by atoms with Crippen molar-refractivity contribution in [2.24, 2.45) is 0 Å². The van der Waals surface area contributed by atoms with E-state index in [-0.39, 0.29) is 19.5 Å². The third kappa shape index (κ3) is 4.47. The molecule has 6 nitrogen and oxygen atoms in total. The van der Waals surface area contributed by atoms with Gasteiger partial charge in [-0.15, -0.1) is 0 Å². The fourth-order valence-electron chi connectivity index (χ4n) is 1.37. The van der Waals surface area contributed by atoms with Gasteiger partial charge in [0.25, 0.3) is 0 Å². The molecule has 1 amide bonds. The zero-order valence-corrected chi connectivity index (χ0v) is 10.9. The molecule has 1 rings (SSSR count). The summed E-state index contributed by atoms with van der Waals surface area (Å²) in [4.78, 5) is 11.3. The van der Waals surface area contributed by atoms with E-state index in [9.17, 15) is 17.6 Å². The van der Waals surface area contributed by atoms with Crippen LogP contribution >= 0.6 is 0 Å². The molecular weight excluding hydrogens is 251 g/mol. The van der Waals surface area contributed by atoms with Crippen molar-refractivity contribution in [2.45, 2.75) is 39.0 Å². The van der Waals surface area contributed by atoms with Crippen LogP contribution in [-0.2, 0) is 14.9 Å². The summed E-state index contributed by atoms with van der Waals surface area (Å²) in [5, 5.41) is 0. The van der Waals surface area contributed by atoms with Crippen molar-refractivity contribution in [2.75, 3.05) is 13.1 Å². The molecule has 0 spiro atoms. The predicted octanol–water partition coefficient (Wildman–Crippen LogP) is 0.800. The Morgan fingerprint density at radius 1 is 1.47 bits per heavy atom. The molecule has 1 saturated heterocycles. The molecule has 17 heavy (non-hydrogen) atoms. The quantitative estimate of drug-likeness (QED) is 0.803. The van der Waals surface area contributed by atoms with Crippen LogP contribution in [-0.4, -0.2) is 43.7 Å². The summed E-state index contributed by atoms with van der Waals surface area (Å²) >= 11 is 0. The van der Waals surface area contributed by atoms with Crippen LogP contribution < -0.4 is 4.72 Å². The second-order valence-electron chi connectivity index (χ2n) is 4.85. The number of alkyl halides is 1. The minimum Gasteiger partial charge on any atom is -0.443 e. The summed E-state index contributed by atoms with van der Waals surface area (Å²) in [6.45, 7) is 4.70. The zero-order chi connectivity index (χ0) is 13.3. The highest BCUT2D eigenvalue weighted by Gasteiger charge is 2.33. The van der Waals surface area contributed by atoms with E-state index in [1.54, 1.807) is 25.5 Å². The van der Waals surface area contributed by atoms with E-state index in [1.165, 1.54) is 0 Å². The normalized spacial score (nSPS) is 22.5. The first-order chi connectivity index (χ1) is 7.60. The number of halogens is 1. The van der Waals surface area contributed by atoms with Gasteiger partial charge in [-0.25, -0.2) is 13.9 Å². The van der Waals surface area contributed by atoms with E-state index in [1.807, 2.05) is 0 Å². The highest BCUT2D eigenvalue weighted by atomic mass is 32.2. The van der Waals surface area contributed by atoms with Crippen molar-refractivity contribution in [3.8, 4) is 0 Å². The number of amides is 1. The molecule has 1 fully saturated rings. The van der Waals surface area contributed by atoms with E-state index < -0.39 is 28.1 Å². The summed E-state index contributed by atoms with van der Waals surface area (Å²) in [5.74, 6) is 0. The average Bonchev–Trinajstić information content (AvgIpc) is 2.46. The number of hydrogen-bond acceptors (Lipinski definition) is 4. The Labute approximate surface area is 100 Å². The Balaban J connectivity index is 2.58. The fraction of sp³-hybridized carbons (Fsp3) is 0.889. The van der Waals surface area contributed by atoms with Crippen LogP contribution in [0.25, 0.3) is 0 Å². The van der Waals surface area contributed by atoms with E-state index in [0.717, 1.165) is 4.31 Å². The maximum absolute atomic E-state index is 12.9. The van der Waals surface area contributed by atoms with Crippen molar-refractivity contribution in [3.05, 3.63) is 0 Å². The van der Waals surface area contributed by atoms with Crippen LogP contribution in [0.15, 0.2) is 0 Å². The molecule has 0 radical (unpaired) electrons. The lowest BCUT2D eigenvalue weighted by atomic mass is 10.2. The number of nitrogens with zero attached hydrogens (tertiary/aromatic N) is 1. The van der Waals surface area contributed by atoms with Crippen molar-refractivity contribution in [3.63, 3.8) is 0 Å². The minimum absolute atomic E-state index is 0.0687. The van der Waals surface area contributed by atoms with Crippen LogP contribution in [0.1, 0.15) is 27.2 Å². The number of ether oxygens (including phenoxy) is 1. The molecule has 1 atom stereocenters. The number of nitrogens with one attached hydrogen (secondary N) is 1. The highest BCUT2D eigenvalue weighted by Crippen LogP contribution is 2.15. The third-order valence-corrected chi connectivity index (χ3v) is 3.48. The predicted molar refractivity (Wildman–Crippen MR) is 59.4 cm³/mol. The standard InChI is InChI=1S/C9H17FN2O4S/c1-9(2,3)16-8(13)11-17(14,15)12-5-4-7(10)6-12/h7H,4-6H2,1-3H3,(H,11,13)/t7-/m1/s1. The van der Waals surface area contributed by atoms with Gasteiger partial charge in [0.15, 0.2) is 0 Å². The Bertz CT molecular complexity index is 390. The molecule has 1 heterocycles. The van der Waals surface area contributed by atoms with Gasteiger partial charge in [0.2, 0.25) is 0 Å². The Morgan fingerprint density at radius 3 is 2.47 bits per heavy atom. The lowest BCUT2D eigenvalue weighted by molar-refractivity contribution is 0.0567. The first-order valence-corrected chi connectivity index (χ1v) is 6.69. The topological polar surface area (TPSA) is 75.7 Å². The van der Waals surface area contributed by atoms with E-state index in [4.69, 9.17) is 4.74 Å². The average molecular weight is 268 g/mol. The second kappa shape index (κ2) is 4.77. The molecule has 0 bridgehead atoms. The largest absolute Gasteiger partial charge is 0.443 e. The number of carbonyl (C=O) groups excluding carboxylic acids is 1. The number of carbonyl (C=O) groups is 1. The molecule has 0 unspecified atom stereocenters. The Hall–Kier alpha value is -0.890. The molecule has 1 aliphatic rings. The minimum atomic E-state index is -4.00. The fourth-order valence-corrected chi connectivity index (χ4v) is 2.46. The smallest absolute Gasteiger partial charge is 0.422 e. The van der Waals surface area contributed by atoms with Crippen molar-refractivity contribution >= 4 is 16.3 Å². The monoisotopic (exact) mass is 268 g/mol. The van der Waals surface area contributed by atoms with Crippen molar-refractivity contribution in [1.82, 2.24) is 9.03 Å². The Morgan fingerprint density at radius 2 is 2.06 bits per heavy atom. The molecule has 1 aliphatic heterocycles. The summed E-state index contributed by atoms with van der Waals surface area (Å²) in [6, 6.07) is 0. The van der Waals surface area contributed by atoms with E-state index >= 15 is 0 Å². The van der Waals surface area contributed by atoms with Crippen molar-refractivity contribution < 1.29 is 22.3 Å². The first kappa shape index (κ1) is 14.2. The first-order valence-electron chi connectivity index (χ1n) is 5.25. The van der Waals surface area contributed by atoms with Crippen LogP contribution in [0.4, 0.5) is 9.18 Å². The molecule has 0 aromatic carbocycles. The lowest BCUT2D eigenvalue weighted by Crippen LogP contribution is -2.44. The van der Waals surface area contributed by atoms with Gasteiger partial charge < -0.3 is 4.74 Å². The van der Waals surface area contributed by atoms with Gasteiger partial charge >= 0.3 is 16.3 Å². The number of rotatable bonds is 2. The van der Waals surface area contributed by atoms with Gasteiger partial charge in [0.1, 0.15) is 11.8 Å². The SMILES string of the molecule is CC(C)(C)OC(=O)NS(=O)(=O)N1CC[C@@H](F)C1. The zero-order valence-electron chi connectivity index (χ0n) is 10.1. The van der Waals surface area contributed by atoms with Crippen LogP contribution in [0.2, 0.25) is 0 Å². The molecule has 0 aromatic rings. The van der Waals surface area contributed by atoms with Gasteiger partial charge in [-0.2, -0.15) is 12.7 Å². The summed E-state index contributed by atoms with van der Waals surface area (Å²) < 4.78 is 43.6. The highest BCUT2D eigenvalue weighted by molar-refractivity contribution is 7.87. The molecular formula is C9H17FN2O4S. The van der Waals surface area contributed by atoms with Gasteiger partial charge in [0, 0.05) is 13.1 Å². The van der Waals surface area contributed by atoms with Crippen LogP contribution in [0, 0.1) is 0 Å². The summed E-state index contributed by atoms with van der Waals surface area (Å²) in [5.41, 5.74) is -0.784. The summed E-state index contributed by atoms with van der Waals surface area (Å²) in [7, 11) is -4.00. The van der Waals surface area contributed by atoms with Gasteiger partial charge in [-0.1, -0.05) is 0 Å². The van der Waals surface area contributed by atoms with Crippen LogP contribution in [0.5, 0.6) is 0 Å². The Kier molecular flexibility index (Phi) is 3.98. The van der Waals surface area contributed by atoms with Gasteiger partial charge in [-0.3, -0.25) is 0 Å². The molecule has 0 saturated carbocycles. The molecule has 8 heteroatoms. The maximum atomic E-state index is 12.9. The van der Waals surface area contributed by atoms with Crippen molar-refractivity contribution in [1.29, 1.82) is 0 Å². The second-order valence-corrected chi connectivity index (χ2v) is 6.52. The molecule has 0 aromatic heterocycles. The molecule has 0 aliphatic carbocycles. The van der Waals surface area contributed by atoms with E-state index in [0.29, 0.717) is 0 Å². The molecule has 1 N–H and O–H groups in total. The third-order valence-electron chi connectivity index (χ3n) is 2.04. The van der Waals surface area contributed by atoms with Gasteiger partial charge in [-0.05, 0) is 27.2 Å². The van der Waals surface area contributed by atoms with E-state index in [2.05, 4.69) is 0 Å². The maximum Gasteiger partial charge on any atom is 0.422 e. The van der Waals surface area contributed by atoms with Gasteiger partial charge in [0.05, 0.1) is 0 Å². The molecule has 100 valence electrons. The summed E-state index contributed by atoms with van der Waals surface area (Å²) in [6.07, 6.45) is -2.08.